The van der Waals surface area contributed by atoms with Crippen LogP contribution < -0.4 is 11.5 Å². The van der Waals surface area contributed by atoms with Crippen molar-refractivity contribution in [3.05, 3.63) is 30.4 Å². The van der Waals surface area contributed by atoms with E-state index in [9.17, 15) is 8.78 Å². The molecule has 0 aliphatic rings. The monoisotopic (exact) mass is 268 g/mol. The molecule has 2 aromatic heterocycles. The predicted molar refractivity (Wildman–Crippen MR) is 64.5 cm³/mol. The van der Waals surface area contributed by atoms with Crippen molar-refractivity contribution in [2.75, 3.05) is 0 Å². The van der Waals surface area contributed by atoms with E-state index >= 15 is 0 Å². The molecule has 0 aromatic carbocycles. The Morgan fingerprint density at radius 3 is 3.00 bits per heavy atom. The number of nitrogens with two attached hydrogens (primary N) is 2. The summed E-state index contributed by atoms with van der Waals surface area (Å²) in [6, 6.07) is 1.74. The summed E-state index contributed by atoms with van der Waals surface area (Å²) in [4.78, 5) is 14.9. The molecule has 7 nitrogen and oxygen atoms in total. The van der Waals surface area contributed by atoms with Gasteiger partial charge in [0.05, 0.1) is 6.20 Å². The topological polar surface area (TPSA) is 115 Å². The first-order valence-electron chi connectivity index (χ1n) is 5.11. The van der Waals surface area contributed by atoms with Crippen molar-refractivity contribution in [2.24, 2.45) is 16.5 Å². The molecule has 0 aliphatic heterocycles. The molecular formula is C10H10F2N6O. The highest BCUT2D eigenvalue weighted by Gasteiger charge is 2.04. The smallest absolute Gasteiger partial charge is 0.388 e. The maximum Gasteiger partial charge on any atom is 0.388 e. The number of amidine groups is 1. The molecule has 0 fully saturated rings. The molecule has 100 valence electrons. The number of hydrogen-bond acceptors (Lipinski definition) is 5. The molecule has 0 bridgehead atoms. The third-order valence-corrected chi connectivity index (χ3v) is 2.01. The number of fused-ring (bicyclic) bond motifs is 1. The zero-order valence-corrected chi connectivity index (χ0v) is 9.55. The summed E-state index contributed by atoms with van der Waals surface area (Å²) in [6.07, 6.45) is 4.03. The minimum atomic E-state index is -3.01. The van der Waals surface area contributed by atoms with Gasteiger partial charge >= 0.3 is 6.61 Å². The molecule has 0 atom stereocenters. The summed E-state index contributed by atoms with van der Waals surface area (Å²) in [7, 11) is 0. The lowest BCUT2D eigenvalue weighted by Gasteiger charge is -2.03. The van der Waals surface area contributed by atoms with E-state index in [1.54, 1.807) is 12.3 Å². The number of ether oxygens (including phenoxy) is 1. The van der Waals surface area contributed by atoms with E-state index in [4.69, 9.17) is 11.5 Å². The molecule has 9 heteroatoms. The molecule has 2 heterocycles. The summed E-state index contributed by atoms with van der Waals surface area (Å²) >= 11 is 0. The Morgan fingerprint density at radius 1 is 1.47 bits per heavy atom. The normalized spacial score (nSPS) is 13.2. The van der Waals surface area contributed by atoms with Gasteiger partial charge < -0.3 is 21.2 Å². The largest absolute Gasteiger partial charge is 0.419 e. The van der Waals surface area contributed by atoms with Gasteiger partial charge in [-0.3, -0.25) is 0 Å². The molecule has 0 unspecified atom stereocenters. The van der Waals surface area contributed by atoms with Crippen LogP contribution in [0.4, 0.5) is 14.6 Å². The molecule has 2 rings (SSSR count). The van der Waals surface area contributed by atoms with Crippen molar-refractivity contribution in [3.8, 4) is 0 Å². The van der Waals surface area contributed by atoms with Gasteiger partial charge in [0, 0.05) is 12.3 Å². The molecule has 0 amide bonds. The number of alkyl halides is 2. The molecule has 0 aliphatic carbocycles. The second kappa shape index (κ2) is 5.29. The number of halogens is 2. The highest BCUT2D eigenvalue weighted by molar-refractivity contribution is 5.93. The van der Waals surface area contributed by atoms with Crippen LogP contribution in [0.15, 0.2) is 35.4 Å². The van der Waals surface area contributed by atoms with E-state index in [1.165, 1.54) is 6.20 Å². The van der Waals surface area contributed by atoms with E-state index in [0.717, 1.165) is 6.08 Å². The fraction of sp³-hybridized carbons (Fsp3) is 0.100. The van der Waals surface area contributed by atoms with E-state index in [1.807, 2.05) is 0 Å². The second-order valence-electron chi connectivity index (χ2n) is 3.40. The Hall–Kier alpha value is -2.71. The summed E-state index contributed by atoms with van der Waals surface area (Å²) in [5, 5.41) is 0. The average molecular weight is 268 g/mol. The third kappa shape index (κ3) is 3.37. The quantitative estimate of drug-likeness (QED) is 0.434. The van der Waals surface area contributed by atoms with Crippen molar-refractivity contribution in [3.63, 3.8) is 0 Å². The molecule has 2 aromatic rings. The van der Waals surface area contributed by atoms with E-state index < -0.39 is 12.5 Å². The van der Waals surface area contributed by atoms with Crippen molar-refractivity contribution >= 4 is 22.8 Å². The van der Waals surface area contributed by atoms with Crippen molar-refractivity contribution in [1.82, 2.24) is 15.0 Å². The first-order valence-corrected chi connectivity index (χ1v) is 5.11. The van der Waals surface area contributed by atoms with Gasteiger partial charge in [0.15, 0.2) is 17.3 Å². The van der Waals surface area contributed by atoms with Crippen LogP contribution in [0.1, 0.15) is 0 Å². The van der Waals surface area contributed by atoms with Gasteiger partial charge in [-0.1, -0.05) is 0 Å². The van der Waals surface area contributed by atoms with Crippen LogP contribution in [0.25, 0.3) is 11.2 Å². The Balaban J connectivity index is 2.19. The Kier molecular flexibility index (Phi) is 3.55. The Labute approximate surface area is 106 Å². The minimum Gasteiger partial charge on any atom is -0.419 e. The first kappa shape index (κ1) is 12.7. The van der Waals surface area contributed by atoms with E-state index in [0.29, 0.717) is 11.2 Å². The molecule has 0 spiro atoms. The minimum absolute atomic E-state index is 0.127. The van der Waals surface area contributed by atoms with Gasteiger partial charge in [-0.2, -0.15) is 8.78 Å². The standard InChI is InChI=1S/C10H10F2N6O/c11-10(12)19-7(14)3-6(13)17-8-4-16-5-1-2-15-9(5)18-8/h1-4,10H,14H2,(H3,13,15,17,18)/b7-3+. The molecule has 0 saturated heterocycles. The molecule has 0 radical (unpaired) electrons. The number of hydrogen-bond donors (Lipinski definition) is 3. The summed E-state index contributed by atoms with van der Waals surface area (Å²) in [6.45, 7) is -3.01. The maximum absolute atomic E-state index is 11.9. The third-order valence-electron chi connectivity index (χ3n) is 2.01. The maximum atomic E-state index is 11.9. The van der Waals surface area contributed by atoms with Gasteiger partial charge in [0.25, 0.3) is 0 Å². The fourth-order valence-corrected chi connectivity index (χ4v) is 1.32. The van der Waals surface area contributed by atoms with E-state index in [2.05, 4.69) is 24.7 Å². The molecular weight excluding hydrogens is 258 g/mol. The Morgan fingerprint density at radius 2 is 2.26 bits per heavy atom. The van der Waals surface area contributed by atoms with Gasteiger partial charge in [0.2, 0.25) is 0 Å². The van der Waals surface area contributed by atoms with Gasteiger partial charge in [0.1, 0.15) is 11.4 Å². The van der Waals surface area contributed by atoms with Crippen molar-refractivity contribution in [1.29, 1.82) is 0 Å². The highest BCUT2D eigenvalue weighted by atomic mass is 19.3. The summed E-state index contributed by atoms with van der Waals surface area (Å²) < 4.78 is 27.6. The number of aromatic amines is 1. The van der Waals surface area contributed by atoms with Crippen molar-refractivity contribution in [2.45, 2.75) is 6.61 Å². The van der Waals surface area contributed by atoms with E-state index in [-0.39, 0.29) is 11.7 Å². The average Bonchev–Trinajstić information content (AvgIpc) is 2.74. The van der Waals surface area contributed by atoms with Crippen molar-refractivity contribution < 1.29 is 13.5 Å². The number of rotatable bonds is 4. The van der Waals surface area contributed by atoms with Gasteiger partial charge in [-0.25, -0.2) is 15.0 Å². The van der Waals surface area contributed by atoms with Crippen LogP contribution in [0.5, 0.6) is 0 Å². The number of nitrogens with one attached hydrogen (secondary N) is 1. The van der Waals surface area contributed by atoms with Crippen LogP contribution in [0, 0.1) is 0 Å². The molecule has 0 saturated carbocycles. The predicted octanol–water partition coefficient (Wildman–Crippen LogP) is 0.986. The molecule has 5 N–H and O–H groups in total. The number of aromatic nitrogens is 3. The lowest BCUT2D eigenvalue weighted by Crippen LogP contribution is -2.14. The fourth-order valence-electron chi connectivity index (χ4n) is 1.32. The zero-order valence-electron chi connectivity index (χ0n) is 9.55. The van der Waals surface area contributed by atoms with Crippen LogP contribution >= 0.6 is 0 Å². The second-order valence-corrected chi connectivity index (χ2v) is 3.40. The number of aliphatic imine (C=N–C) groups is 1. The first-order chi connectivity index (χ1) is 9.04. The number of nitrogens with zero attached hydrogens (tertiary/aromatic N) is 3. The highest BCUT2D eigenvalue weighted by Crippen LogP contribution is 2.12. The number of H-pyrrole nitrogens is 1. The van der Waals surface area contributed by atoms with Crippen LogP contribution in [0.3, 0.4) is 0 Å². The van der Waals surface area contributed by atoms with Gasteiger partial charge in [-0.05, 0) is 6.07 Å². The zero-order chi connectivity index (χ0) is 13.8. The Bertz CT molecular complexity index is 636. The summed E-state index contributed by atoms with van der Waals surface area (Å²) in [5.41, 5.74) is 11.9. The lowest BCUT2D eigenvalue weighted by molar-refractivity contribution is -0.0966. The van der Waals surface area contributed by atoms with Gasteiger partial charge in [-0.15, -0.1) is 0 Å². The van der Waals surface area contributed by atoms with Crippen LogP contribution in [-0.2, 0) is 4.74 Å². The molecule has 19 heavy (non-hydrogen) atoms. The van der Waals surface area contributed by atoms with Crippen LogP contribution in [0.2, 0.25) is 0 Å². The van der Waals surface area contributed by atoms with Crippen LogP contribution in [-0.4, -0.2) is 27.4 Å². The SMILES string of the molecule is NC(/C=C(\N)OC(F)F)=Nc1cnc2cc[nH]c2n1. The summed E-state index contributed by atoms with van der Waals surface area (Å²) in [5.74, 6) is -0.447. The lowest BCUT2D eigenvalue weighted by atomic mass is 10.5.